The zero-order chi connectivity index (χ0) is 27.1. The van der Waals surface area contributed by atoms with Gasteiger partial charge in [-0.05, 0) is 53.9 Å². The Bertz CT molecular complexity index is 1640. The van der Waals surface area contributed by atoms with Crippen molar-refractivity contribution in [2.75, 3.05) is 20.4 Å². The highest BCUT2D eigenvalue weighted by atomic mass is 35.5. The van der Waals surface area contributed by atoms with Crippen LogP contribution in [-0.2, 0) is 6.42 Å². The molecule has 0 saturated carbocycles. The van der Waals surface area contributed by atoms with Crippen LogP contribution in [0.15, 0.2) is 74.9 Å². The highest BCUT2D eigenvalue weighted by molar-refractivity contribution is 6.31. The van der Waals surface area contributed by atoms with Crippen LogP contribution in [0.3, 0.4) is 0 Å². The Kier molecular flexibility index (Phi) is 6.69. The minimum atomic E-state index is -0.128. The van der Waals surface area contributed by atoms with Gasteiger partial charge in [0.15, 0.2) is 16.9 Å². The summed E-state index contributed by atoms with van der Waals surface area (Å²) in [5.74, 6) is 3.64. The van der Waals surface area contributed by atoms with Crippen molar-refractivity contribution in [2.24, 2.45) is 10.9 Å². The molecule has 1 aromatic heterocycles. The van der Waals surface area contributed by atoms with Crippen molar-refractivity contribution in [3.8, 4) is 17.2 Å². The first kappa shape index (κ1) is 25.3. The van der Waals surface area contributed by atoms with E-state index >= 15 is 0 Å². The van der Waals surface area contributed by atoms with Crippen LogP contribution in [0.5, 0.6) is 17.2 Å². The number of nitrogens with zero attached hydrogens (tertiary/aromatic N) is 1. The number of fused-ring (bicyclic) bond motifs is 2. The molecule has 0 fully saturated rings. The summed E-state index contributed by atoms with van der Waals surface area (Å²) < 4.78 is 23.0. The molecule has 0 spiro atoms. The molecule has 0 bridgehead atoms. The Hall–Kier alpha value is -3.97. The van der Waals surface area contributed by atoms with Crippen molar-refractivity contribution in [1.29, 1.82) is 0 Å². The number of halogens is 1. The SMILES string of the molecule is COc1cccc(Cc2c(C(C(C)C)C3CN=C(c4ccc5c(c4)OCO5)N3)oc3cc(Cl)ccc3c2=O)c1. The quantitative estimate of drug-likeness (QED) is 0.310. The minimum Gasteiger partial charge on any atom is -0.497 e. The summed E-state index contributed by atoms with van der Waals surface area (Å²) in [6.07, 6.45) is 0.416. The van der Waals surface area contributed by atoms with Crippen molar-refractivity contribution < 1.29 is 18.6 Å². The van der Waals surface area contributed by atoms with E-state index in [4.69, 9.17) is 35.2 Å². The zero-order valence-corrected chi connectivity index (χ0v) is 22.7. The smallest absolute Gasteiger partial charge is 0.231 e. The highest BCUT2D eigenvalue weighted by Gasteiger charge is 2.35. The lowest BCUT2D eigenvalue weighted by molar-refractivity contribution is 0.174. The number of hydrogen-bond donors (Lipinski definition) is 1. The number of amidine groups is 1. The lowest BCUT2D eigenvalue weighted by Crippen LogP contribution is -2.39. The van der Waals surface area contributed by atoms with Gasteiger partial charge in [-0.2, -0.15) is 0 Å². The van der Waals surface area contributed by atoms with Crippen molar-refractivity contribution >= 4 is 28.4 Å². The maximum absolute atomic E-state index is 13.9. The Balaban J connectivity index is 1.41. The van der Waals surface area contributed by atoms with E-state index in [0.717, 1.165) is 28.5 Å². The molecular weight excluding hydrogens is 516 g/mol. The molecule has 4 aromatic rings. The summed E-state index contributed by atoms with van der Waals surface area (Å²) in [7, 11) is 1.64. The van der Waals surface area contributed by atoms with Gasteiger partial charge in [0.1, 0.15) is 22.9 Å². The van der Waals surface area contributed by atoms with E-state index in [0.29, 0.717) is 46.0 Å². The average Bonchev–Trinajstić information content (AvgIpc) is 3.60. The van der Waals surface area contributed by atoms with Crippen LogP contribution < -0.4 is 25.0 Å². The second-order valence-electron chi connectivity index (χ2n) is 10.2. The number of methoxy groups -OCH3 is 1. The molecule has 7 nitrogen and oxygen atoms in total. The molecule has 2 aliphatic rings. The maximum atomic E-state index is 13.9. The standard InChI is InChI=1S/C31H29ClN2O5/c1-17(2)28(24-15-33-31(34-24)19-7-10-25-27(13-19)38-16-37-25)30-23(12-18-5-4-6-21(11-18)36-3)29(35)22-9-8-20(32)14-26(22)39-30/h4-11,13-14,17,24,28H,12,15-16H2,1-3H3,(H,33,34). The summed E-state index contributed by atoms with van der Waals surface area (Å²) in [6, 6.07) is 18.7. The third-order valence-corrected chi connectivity index (χ3v) is 7.60. The van der Waals surface area contributed by atoms with Crippen molar-refractivity contribution in [2.45, 2.75) is 32.2 Å². The van der Waals surface area contributed by atoms with Gasteiger partial charge in [0.25, 0.3) is 0 Å². The molecule has 3 heterocycles. The van der Waals surface area contributed by atoms with Crippen LogP contribution in [0.1, 0.15) is 42.2 Å². The molecule has 2 unspecified atom stereocenters. The van der Waals surface area contributed by atoms with Gasteiger partial charge in [0, 0.05) is 34.6 Å². The molecule has 2 aliphatic heterocycles. The monoisotopic (exact) mass is 544 g/mol. The second kappa shape index (κ2) is 10.3. The Morgan fingerprint density at radius 3 is 2.74 bits per heavy atom. The molecule has 3 aromatic carbocycles. The van der Waals surface area contributed by atoms with Crippen LogP contribution in [0, 0.1) is 5.92 Å². The molecule has 0 aliphatic carbocycles. The first-order valence-corrected chi connectivity index (χ1v) is 13.4. The largest absolute Gasteiger partial charge is 0.497 e. The van der Waals surface area contributed by atoms with E-state index in [1.165, 1.54) is 0 Å². The fourth-order valence-corrected chi connectivity index (χ4v) is 5.64. The van der Waals surface area contributed by atoms with Crippen LogP contribution >= 0.6 is 11.6 Å². The summed E-state index contributed by atoms with van der Waals surface area (Å²) in [5.41, 5.74) is 2.96. The summed E-state index contributed by atoms with van der Waals surface area (Å²) in [6.45, 7) is 5.05. The second-order valence-corrected chi connectivity index (χ2v) is 10.7. The third kappa shape index (κ3) is 4.83. The Morgan fingerprint density at radius 1 is 1.08 bits per heavy atom. The molecule has 6 rings (SSSR count). The van der Waals surface area contributed by atoms with Gasteiger partial charge in [-0.15, -0.1) is 0 Å². The van der Waals surface area contributed by atoms with Gasteiger partial charge in [-0.25, -0.2) is 0 Å². The van der Waals surface area contributed by atoms with E-state index in [1.54, 1.807) is 25.3 Å². The van der Waals surface area contributed by atoms with Crippen molar-refractivity contribution in [3.05, 3.63) is 98.4 Å². The first-order valence-electron chi connectivity index (χ1n) is 13.0. The van der Waals surface area contributed by atoms with Gasteiger partial charge in [0.05, 0.1) is 25.1 Å². The van der Waals surface area contributed by atoms with Gasteiger partial charge in [-0.1, -0.05) is 37.6 Å². The van der Waals surface area contributed by atoms with Gasteiger partial charge >= 0.3 is 0 Å². The lowest BCUT2D eigenvalue weighted by atomic mass is 9.83. The molecule has 0 radical (unpaired) electrons. The molecule has 8 heteroatoms. The van der Waals surface area contributed by atoms with Crippen LogP contribution in [0.25, 0.3) is 11.0 Å². The fourth-order valence-electron chi connectivity index (χ4n) is 5.47. The Labute approximate surface area is 231 Å². The molecule has 39 heavy (non-hydrogen) atoms. The highest BCUT2D eigenvalue weighted by Crippen LogP contribution is 2.36. The van der Waals surface area contributed by atoms with E-state index in [2.05, 4.69) is 19.2 Å². The van der Waals surface area contributed by atoms with E-state index in [1.807, 2.05) is 42.5 Å². The first-order chi connectivity index (χ1) is 18.9. The van der Waals surface area contributed by atoms with E-state index in [9.17, 15) is 4.79 Å². The van der Waals surface area contributed by atoms with Crippen LogP contribution in [0.4, 0.5) is 0 Å². The van der Waals surface area contributed by atoms with Gasteiger partial charge in [-0.3, -0.25) is 9.79 Å². The molecule has 1 N–H and O–H groups in total. The lowest BCUT2D eigenvalue weighted by Gasteiger charge is -2.28. The van der Waals surface area contributed by atoms with Crippen molar-refractivity contribution in [3.63, 3.8) is 0 Å². The molecular formula is C31H29ClN2O5. The molecule has 0 saturated heterocycles. The van der Waals surface area contributed by atoms with Crippen molar-refractivity contribution in [1.82, 2.24) is 5.32 Å². The molecule has 0 amide bonds. The third-order valence-electron chi connectivity index (χ3n) is 7.36. The van der Waals surface area contributed by atoms with Crippen LogP contribution in [-0.4, -0.2) is 32.3 Å². The summed E-state index contributed by atoms with van der Waals surface area (Å²) in [5, 5.41) is 4.65. The molecule has 200 valence electrons. The normalized spacial score (nSPS) is 16.8. The topological polar surface area (TPSA) is 82.3 Å². The number of hydrogen-bond acceptors (Lipinski definition) is 7. The predicted molar refractivity (Wildman–Crippen MR) is 152 cm³/mol. The van der Waals surface area contributed by atoms with E-state index in [-0.39, 0.29) is 30.1 Å². The van der Waals surface area contributed by atoms with Gasteiger partial charge in [0.2, 0.25) is 6.79 Å². The molecule has 2 atom stereocenters. The van der Waals surface area contributed by atoms with E-state index < -0.39 is 0 Å². The zero-order valence-electron chi connectivity index (χ0n) is 22.0. The summed E-state index contributed by atoms with van der Waals surface area (Å²) in [4.78, 5) is 18.8. The predicted octanol–water partition coefficient (Wildman–Crippen LogP) is 5.93. The minimum absolute atomic E-state index is 0.0497. The number of ether oxygens (including phenoxy) is 3. The number of nitrogens with one attached hydrogen (secondary N) is 1. The number of aliphatic imine (C=N–C) groups is 1. The number of rotatable bonds is 7. The van der Waals surface area contributed by atoms with Crippen LogP contribution in [0.2, 0.25) is 5.02 Å². The maximum Gasteiger partial charge on any atom is 0.231 e. The number of benzene rings is 3. The van der Waals surface area contributed by atoms with Gasteiger partial charge < -0.3 is 23.9 Å². The Morgan fingerprint density at radius 2 is 1.92 bits per heavy atom. The fraction of sp³-hybridized carbons (Fsp3) is 0.290. The average molecular weight is 545 g/mol. The summed E-state index contributed by atoms with van der Waals surface area (Å²) >= 11 is 6.30.